The van der Waals surface area contributed by atoms with Gasteiger partial charge in [-0.25, -0.2) is 0 Å². The third kappa shape index (κ3) is 3.72. The van der Waals surface area contributed by atoms with Crippen molar-refractivity contribution in [2.45, 2.75) is 11.7 Å². The molecule has 0 aliphatic carbocycles. The Morgan fingerprint density at radius 2 is 1.96 bits per heavy atom. The minimum Gasteiger partial charge on any atom is -0.365 e. The topological polar surface area (TPSA) is 130 Å². The van der Waals surface area contributed by atoms with Crippen molar-refractivity contribution in [3.8, 4) is 6.07 Å². The summed E-state index contributed by atoms with van der Waals surface area (Å²) in [6, 6.07) is 16.4. The number of benzene rings is 2. The first kappa shape index (κ1) is 19.1. The number of nitrogens with two attached hydrogens (primary N) is 1. The number of non-ortho nitro benzene ring substituents is 1. The highest BCUT2D eigenvalue weighted by Crippen LogP contribution is 2.41. The van der Waals surface area contributed by atoms with Gasteiger partial charge >= 0.3 is 0 Å². The molecule has 1 fully saturated rings. The third-order valence-electron chi connectivity index (χ3n) is 4.08. The van der Waals surface area contributed by atoms with Gasteiger partial charge in [0.05, 0.1) is 10.2 Å². The zero-order valence-electron chi connectivity index (χ0n) is 14.4. The number of primary amides is 1. The number of para-hydroxylation sites is 1. The number of amides is 2. The lowest BCUT2D eigenvalue weighted by atomic mass is 10.1. The molecule has 0 bridgehead atoms. The largest absolute Gasteiger partial charge is 0.365 e. The fourth-order valence-corrected chi connectivity index (χ4v) is 4.14. The molecule has 2 aromatic rings. The number of nitro benzene ring substituents is 1. The summed E-state index contributed by atoms with van der Waals surface area (Å²) < 4.78 is 0. The second kappa shape index (κ2) is 7.94. The summed E-state index contributed by atoms with van der Waals surface area (Å²) in [5, 5.41) is 19.8. The van der Waals surface area contributed by atoms with Crippen LogP contribution in [0.5, 0.6) is 0 Å². The molecule has 0 unspecified atom stereocenters. The smallest absolute Gasteiger partial charge is 0.269 e. The lowest BCUT2D eigenvalue weighted by molar-refractivity contribution is -0.384. The fraction of sp³-hybridized carbons (Fsp3) is 0.105. The normalized spacial score (nSPS) is 17.9. The van der Waals surface area contributed by atoms with E-state index in [4.69, 9.17) is 5.73 Å². The highest BCUT2D eigenvalue weighted by atomic mass is 32.2. The van der Waals surface area contributed by atoms with Gasteiger partial charge in [-0.3, -0.25) is 24.6 Å². The summed E-state index contributed by atoms with van der Waals surface area (Å²) >= 11 is 1.05. The Balaban J connectivity index is 2.00. The zero-order chi connectivity index (χ0) is 20.3. The molecule has 0 aromatic heterocycles. The molecule has 1 heterocycles. The van der Waals surface area contributed by atoms with Crippen LogP contribution < -0.4 is 10.6 Å². The zero-order valence-corrected chi connectivity index (χ0v) is 15.3. The number of anilines is 1. The highest BCUT2D eigenvalue weighted by Gasteiger charge is 2.40. The second-order valence-electron chi connectivity index (χ2n) is 5.90. The number of nitriles is 1. The van der Waals surface area contributed by atoms with E-state index in [2.05, 4.69) is 0 Å². The Morgan fingerprint density at radius 1 is 1.25 bits per heavy atom. The number of thioether (sulfide) groups is 1. The maximum atomic E-state index is 13.1. The molecule has 0 radical (unpaired) electrons. The molecule has 2 amide bonds. The Kier molecular flexibility index (Phi) is 5.42. The van der Waals surface area contributed by atoms with Crippen LogP contribution in [0.1, 0.15) is 5.56 Å². The molecule has 1 aliphatic rings. The molecule has 0 saturated carbocycles. The average Bonchev–Trinajstić information content (AvgIpc) is 2.99. The maximum Gasteiger partial charge on any atom is 0.269 e. The van der Waals surface area contributed by atoms with Crippen LogP contribution in [0, 0.1) is 21.4 Å². The molecule has 1 aliphatic heterocycles. The van der Waals surface area contributed by atoms with Crippen LogP contribution in [-0.2, 0) is 16.0 Å². The molecular weight excluding hydrogens is 380 g/mol. The van der Waals surface area contributed by atoms with Crippen LogP contribution in [-0.4, -0.2) is 22.0 Å². The number of hydrogen-bond acceptors (Lipinski definition) is 6. The molecule has 8 nitrogen and oxygen atoms in total. The van der Waals surface area contributed by atoms with E-state index in [1.54, 1.807) is 48.5 Å². The maximum absolute atomic E-state index is 13.1. The van der Waals surface area contributed by atoms with Gasteiger partial charge in [0, 0.05) is 17.8 Å². The molecule has 2 aromatic carbocycles. The van der Waals surface area contributed by atoms with Gasteiger partial charge in [-0.05, 0) is 24.1 Å². The van der Waals surface area contributed by atoms with Gasteiger partial charge in [-0.15, -0.1) is 0 Å². The summed E-state index contributed by atoms with van der Waals surface area (Å²) in [4.78, 5) is 36.5. The van der Waals surface area contributed by atoms with Crippen molar-refractivity contribution in [2.24, 2.45) is 5.73 Å². The van der Waals surface area contributed by atoms with Gasteiger partial charge in [0.15, 0.2) is 0 Å². The van der Waals surface area contributed by atoms with E-state index in [0.717, 1.165) is 11.8 Å². The first-order valence-electron chi connectivity index (χ1n) is 8.15. The Hall–Kier alpha value is -3.64. The minimum absolute atomic E-state index is 0.0709. The summed E-state index contributed by atoms with van der Waals surface area (Å²) in [7, 11) is 0. The average molecular weight is 394 g/mol. The Labute approximate surface area is 164 Å². The van der Waals surface area contributed by atoms with Gasteiger partial charge in [-0.1, -0.05) is 42.1 Å². The molecule has 0 spiro atoms. The third-order valence-corrected chi connectivity index (χ3v) is 5.34. The number of nitro groups is 1. The summed E-state index contributed by atoms with van der Waals surface area (Å²) in [6.45, 7) is 0. The van der Waals surface area contributed by atoms with E-state index in [1.807, 2.05) is 0 Å². The molecule has 1 saturated heterocycles. The number of carbonyl (C=O) groups excluding carboxylic acids is 2. The van der Waals surface area contributed by atoms with Gasteiger partial charge in [0.1, 0.15) is 16.7 Å². The van der Waals surface area contributed by atoms with Gasteiger partial charge < -0.3 is 5.73 Å². The molecule has 9 heteroatoms. The van der Waals surface area contributed by atoms with Crippen LogP contribution in [0.4, 0.5) is 11.4 Å². The second-order valence-corrected chi connectivity index (χ2v) is 7.09. The van der Waals surface area contributed by atoms with Gasteiger partial charge in [-0.2, -0.15) is 5.26 Å². The van der Waals surface area contributed by atoms with Gasteiger partial charge in [0.2, 0.25) is 5.91 Å². The van der Waals surface area contributed by atoms with Crippen LogP contribution in [0.2, 0.25) is 0 Å². The monoisotopic (exact) mass is 394 g/mol. The molecule has 140 valence electrons. The molecular formula is C19H14N4O4S. The van der Waals surface area contributed by atoms with Gasteiger partial charge in [0.25, 0.3) is 11.6 Å². The highest BCUT2D eigenvalue weighted by molar-refractivity contribution is 8.05. The van der Waals surface area contributed by atoms with E-state index in [0.29, 0.717) is 11.3 Å². The van der Waals surface area contributed by atoms with Crippen molar-refractivity contribution >= 4 is 35.0 Å². The number of hydrogen-bond donors (Lipinski definition) is 1. The summed E-state index contributed by atoms with van der Waals surface area (Å²) in [5.41, 5.74) is 6.05. The lowest BCUT2D eigenvalue weighted by Crippen LogP contribution is -2.31. The predicted molar refractivity (Wildman–Crippen MR) is 104 cm³/mol. The van der Waals surface area contributed by atoms with Crippen molar-refractivity contribution in [3.63, 3.8) is 0 Å². The molecule has 1 atom stereocenters. The van der Waals surface area contributed by atoms with Crippen molar-refractivity contribution in [1.29, 1.82) is 5.26 Å². The van der Waals surface area contributed by atoms with Crippen LogP contribution >= 0.6 is 11.8 Å². The van der Waals surface area contributed by atoms with E-state index in [-0.39, 0.29) is 28.6 Å². The van der Waals surface area contributed by atoms with Crippen LogP contribution in [0.25, 0.3) is 0 Å². The van der Waals surface area contributed by atoms with E-state index >= 15 is 0 Å². The first-order chi connectivity index (χ1) is 13.4. The number of nitrogens with zero attached hydrogens (tertiary/aromatic N) is 3. The Bertz CT molecular complexity index is 1030. The number of carbonyl (C=O) groups is 2. The van der Waals surface area contributed by atoms with E-state index in [9.17, 15) is 25.0 Å². The standard InChI is InChI=1S/C19H14N4O4S/c20-11-15(17(21)24)19-22(13-6-2-1-3-7-13)18(25)16(28-19)10-12-5-4-8-14(9-12)23(26)27/h1-9,16H,10H2,(H2,21,24)/b19-15+/t16-/m0/s1. The van der Waals surface area contributed by atoms with Crippen molar-refractivity contribution in [2.75, 3.05) is 4.90 Å². The SMILES string of the molecule is N#C/C(C(N)=O)=C1\S[C@@H](Cc2cccc([N+](=O)[O-])c2)C(=O)N1c1ccccc1. The van der Waals surface area contributed by atoms with E-state index < -0.39 is 16.1 Å². The molecule has 3 rings (SSSR count). The van der Waals surface area contributed by atoms with Crippen molar-refractivity contribution < 1.29 is 14.5 Å². The molecule has 2 N–H and O–H groups in total. The lowest BCUT2D eigenvalue weighted by Gasteiger charge is -2.18. The van der Waals surface area contributed by atoms with Crippen LogP contribution in [0.3, 0.4) is 0 Å². The Morgan fingerprint density at radius 3 is 2.57 bits per heavy atom. The van der Waals surface area contributed by atoms with E-state index in [1.165, 1.54) is 17.0 Å². The number of rotatable bonds is 5. The first-order valence-corrected chi connectivity index (χ1v) is 9.03. The summed E-state index contributed by atoms with van der Waals surface area (Å²) in [6.07, 6.45) is 0.204. The molecule has 28 heavy (non-hydrogen) atoms. The predicted octanol–water partition coefficient (Wildman–Crippen LogP) is 2.51. The van der Waals surface area contributed by atoms with Crippen LogP contribution in [0.15, 0.2) is 65.2 Å². The summed E-state index contributed by atoms with van der Waals surface area (Å²) in [5.74, 6) is -1.25. The van der Waals surface area contributed by atoms with Crippen molar-refractivity contribution in [1.82, 2.24) is 0 Å². The minimum atomic E-state index is -0.922. The van der Waals surface area contributed by atoms with Crippen molar-refractivity contribution in [3.05, 3.63) is 80.9 Å². The fourth-order valence-electron chi connectivity index (χ4n) is 2.82. The quantitative estimate of drug-likeness (QED) is 0.359.